The average Bonchev–Trinajstić information content (AvgIpc) is 2.56. The molecule has 2 atom stereocenters. The highest BCUT2D eigenvalue weighted by molar-refractivity contribution is 7.16. The average molecular weight is 183 g/mol. The van der Waals surface area contributed by atoms with E-state index in [1.54, 1.807) is 0 Å². The topological polar surface area (TPSA) is 12.4 Å². The van der Waals surface area contributed by atoms with Crippen LogP contribution in [0.25, 0.3) is 0 Å². The third-order valence-electron chi connectivity index (χ3n) is 2.33. The van der Waals surface area contributed by atoms with E-state index in [9.17, 15) is 0 Å². The molecular weight excluding hydrogens is 165 g/mol. The van der Waals surface area contributed by atoms with Crippen molar-refractivity contribution in [1.82, 2.24) is 0 Å². The zero-order valence-corrected chi connectivity index (χ0v) is 8.95. The second-order valence-corrected chi connectivity index (χ2v) is 3.97. The van der Waals surface area contributed by atoms with Gasteiger partial charge in [-0.1, -0.05) is 19.4 Å². The number of hydrogen-bond donors (Lipinski definition) is 0. The Balaban J connectivity index is 2.15. The lowest BCUT2D eigenvalue weighted by atomic mass is 9.97. The van der Waals surface area contributed by atoms with Crippen LogP contribution >= 0.6 is 9.24 Å². The number of nitrogens with zero attached hydrogens (tertiary/aromatic N) is 1. The lowest BCUT2D eigenvalue weighted by Crippen LogP contribution is -2.08. The van der Waals surface area contributed by atoms with Gasteiger partial charge in [0.1, 0.15) is 0 Å². The molecule has 2 unspecified atom stereocenters. The number of allylic oxidation sites excluding steroid dienone is 1. The van der Waals surface area contributed by atoms with Crippen molar-refractivity contribution in [3.05, 3.63) is 12.3 Å². The Hall–Kier alpha value is -0.160. The van der Waals surface area contributed by atoms with Crippen LogP contribution in [-0.4, -0.2) is 11.9 Å². The summed E-state index contributed by atoms with van der Waals surface area (Å²) in [5, 5.41) is 0. The summed E-state index contributed by atoms with van der Waals surface area (Å²) >= 11 is 0. The van der Waals surface area contributed by atoms with E-state index in [1.807, 2.05) is 6.20 Å². The van der Waals surface area contributed by atoms with Crippen LogP contribution in [0.3, 0.4) is 0 Å². The van der Waals surface area contributed by atoms with Crippen LogP contribution in [-0.2, 0) is 0 Å². The maximum atomic E-state index is 4.35. The number of rotatable bonds is 5. The fourth-order valence-electron chi connectivity index (χ4n) is 1.46. The highest BCUT2D eigenvalue weighted by atomic mass is 31.0. The minimum absolute atomic E-state index is 0.691. The summed E-state index contributed by atoms with van der Waals surface area (Å²) in [7, 11) is 2.78. The van der Waals surface area contributed by atoms with Crippen molar-refractivity contribution in [1.29, 1.82) is 0 Å². The number of aliphatic imine (C=N–C) groups is 1. The first-order valence-corrected chi connectivity index (χ1v) is 5.58. The minimum Gasteiger partial charge on any atom is -0.265 e. The molecule has 0 aliphatic carbocycles. The van der Waals surface area contributed by atoms with E-state index in [2.05, 4.69) is 27.2 Å². The van der Waals surface area contributed by atoms with Gasteiger partial charge in [-0.2, -0.15) is 0 Å². The van der Waals surface area contributed by atoms with Crippen molar-refractivity contribution in [2.75, 3.05) is 6.16 Å². The molecule has 68 valence electrons. The van der Waals surface area contributed by atoms with E-state index in [1.165, 1.54) is 31.1 Å². The monoisotopic (exact) mass is 183 g/mol. The van der Waals surface area contributed by atoms with Gasteiger partial charge in [-0.3, -0.25) is 4.99 Å². The van der Waals surface area contributed by atoms with Crippen molar-refractivity contribution in [3.8, 4) is 0 Å². The molecule has 0 radical (unpaired) electrons. The zero-order valence-electron chi connectivity index (χ0n) is 7.79. The first-order valence-electron chi connectivity index (χ1n) is 4.76. The summed E-state index contributed by atoms with van der Waals surface area (Å²) in [6, 6.07) is 0. The van der Waals surface area contributed by atoms with Crippen LogP contribution in [0.2, 0.25) is 0 Å². The predicted octanol–water partition coefficient (Wildman–Crippen LogP) is 3.03. The van der Waals surface area contributed by atoms with Crippen LogP contribution in [0.15, 0.2) is 17.3 Å². The maximum absolute atomic E-state index is 4.35. The van der Waals surface area contributed by atoms with Crippen molar-refractivity contribution >= 4 is 15.0 Å². The standard InChI is InChI=1S/C10H18NP/c1-9(5-2-3-8-12)10-6-4-7-11-10/h4,7,9H,2-3,5-6,8,12H2,1H3. The molecular formula is C10H18NP. The zero-order chi connectivity index (χ0) is 8.81. The van der Waals surface area contributed by atoms with E-state index in [-0.39, 0.29) is 0 Å². The van der Waals surface area contributed by atoms with Crippen molar-refractivity contribution in [2.24, 2.45) is 10.9 Å². The van der Waals surface area contributed by atoms with Gasteiger partial charge >= 0.3 is 0 Å². The molecule has 0 N–H and O–H groups in total. The molecule has 2 heteroatoms. The normalized spacial score (nSPS) is 18.0. The summed E-state index contributed by atoms with van der Waals surface area (Å²) in [5.41, 5.74) is 1.37. The summed E-state index contributed by atoms with van der Waals surface area (Å²) < 4.78 is 0. The molecule has 12 heavy (non-hydrogen) atoms. The first kappa shape index (κ1) is 9.92. The first-order chi connectivity index (χ1) is 5.84. The Morgan fingerprint density at radius 2 is 2.42 bits per heavy atom. The molecule has 0 bridgehead atoms. The molecule has 0 spiro atoms. The lowest BCUT2D eigenvalue weighted by Gasteiger charge is -2.10. The molecule has 0 amide bonds. The van der Waals surface area contributed by atoms with E-state index in [0.717, 1.165) is 6.42 Å². The minimum atomic E-state index is 0.691. The van der Waals surface area contributed by atoms with Gasteiger partial charge in [-0.15, -0.1) is 9.24 Å². The highest BCUT2D eigenvalue weighted by Gasteiger charge is 2.10. The molecule has 0 aromatic heterocycles. The van der Waals surface area contributed by atoms with E-state index < -0.39 is 0 Å². The van der Waals surface area contributed by atoms with Crippen LogP contribution in [0.5, 0.6) is 0 Å². The largest absolute Gasteiger partial charge is 0.265 e. The Kier molecular flexibility index (Phi) is 4.53. The van der Waals surface area contributed by atoms with Gasteiger partial charge in [0.25, 0.3) is 0 Å². The van der Waals surface area contributed by atoms with Gasteiger partial charge in [0.05, 0.1) is 0 Å². The second kappa shape index (κ2) is 5.48. The summed E-state index contributed by atoms with van der Waals surface area (Å²) in [4.78, 5) is 4.35. The van der Waals surface area contributed by atoms with Gasteiger partial charge in [-0.25, -0.2) is 0 Å². The summed E-state index contributed by atoms with van der Waals surface area (Å²) in [5.74, 6) is 0.691. The number of hydrogen-bond acceptors (Lipinski definition) is 1. The molecule has 1 nitrogen and oxygen atoms in total. The molecule has 1 heterocycles. The molecule has 1 rings (SSSR count). The van der Waals surface area contributed by atoms with Gasteiger partial charge < -0.3 is 0 Å². The van der Waals surface area contributed by atoms with Crippen molar-refractivity contribution in [3.63, 3.8) is 0 Å². The maximum Gasteiger partial charge on any atom is 0.0245 e. The van der Waals surface area contributed by atoms with Crippen molar-refractivity contribution < 1.29 is 0 Å². The Bertz CT molecular complexity index is 184. The van der Waals surface area contributed by atoms with Crippen LogP contribution in [0, 0.1) is 5.92 Å². The summed E-state index contributed by atoms with van der Waals surface area (Å²) in [6.07, 6.45) is 10.4. The SMILES string of the molecule is CC(CCCCP)C1=NC=CC1. The third-order valence-corrected chi connectivity index (χ3v) is 2.74. The Labute approximate surface area is 77.6 Å². The van der Waals surface area contributed by atoms with E-state index in [0.29, 0.717) is 5.92 Å². The molecule has 0 saturated carbocycles. The Morgan fingerprint density at radius 3 is 3.00 bits per heavy atom. The van der Waals surface area contributed by atoms with Gasteiger partial charge in [0.15, 0.2) is 0 Å². The molecule has 1 aliphatic rings. The van der Waals surface area contributed by atoms with E-state index >= 15 is 0 Å². The summed E-state index contributed by atoms with van der Waals surface area (Å²) in [6.45, 7) is 2.29. The Morgan fingerprint density at radius 1 is 1.58 bits per heavy atom. The third kappa shape index (κ3) is 3.06. The van der Waals surface area contributed by atoms with E-state index in [4.69, 9.17) is 0 Å². The lowest BCUT2D eigenvalue weighted by molar-refractivity contribution is 0.623. The fourth-order valence-corrected chi connectivity index (χ4v) is 1.75. The van der Waals surface area contributed by atoms with Crippen LogP contribution in [0.4, 0.5) is 0 Å². The quantitative estimate of drug-likeness (QED) is 0.459. The molecule has 0 saturated heterocycles. The molecule has 0 aromatic carbocycles. The second-order valence-electron chi connectivity index (χ2n) is 3.39. The van der Waals surface area contributed by atoms with Crippen LogP contribution < -0.4 is 0 Å². The molecule has 0 aromatic rings. The fraction of sp³-hybridized carbons (Fsp3) is 0.700. The number of unbranched alkanes of at least 4 members (excludes halogenated alkanes) is 1. The predicted molar refractivity (Wildman–Crippen MR) is 58.8 cm³/mol. The molecule has 0 fully saturated rings. The van der Waals surface area contributed by atoms with Crippen molar-refractivity contribution in [2.45, 2.75) is 32.6 Å². The van der Waals surface area contributed by atoms with Gasteiger partial charge in [0, 0.05) is 18.3 Å². The van der Waals surface area contributed by atoms with Gasteiger partial charge in [-0.05, 0) is 24.9 Å². The molecule has 1 aliphatic heterocycles. The highest BCUT2D eigenvalue weighted by Crippen LogP contribution is 2.16. The van der Waals surface area contributed by atoms with Gasteiger partial charge in [0.2, 0.25) is 0 Å². The smallest absolute Gasteiger partial charge is 0.0245 e. The van der Waals surface area contributed by atoms with Crippen LogP contribution in [0.1, 0.15) is 32.6 Å².